The molecular weight excluding hydrogens is 558 g/mol. The maximum atomic E-state index is 13.9. The van der Waals surface area contributed by atoms with Gasteiger partial charge in [-0.2, -0.15) is 0 Å². The van der Waals surface area contributed by atoms with Crippen LogP contribution in [0, 0.1) is 6.92 Å². The number of benzene rings is 4. The zero-order valence-electron chi connectivity index (χ0n) is 24.7. The summed E-state index contributed by atoms with van der Waals surface area (Å²) in [7, 11) is 1.52. The van der Waals surface area contributed by atoms with Crippen molar-refractivity contribution >= 4 is 29.3 Å². The number of carbonyl (C=O) groups is 3. The first-order valence-electron chi connectivity index (χ1n) is 14.4. The second-order valence-corrected chi connectivity index (χ2v) is 10.7. The highest BCUT2D eigenvalue weighted by molar-refractivity contribution is 6.01. The number of carbonyl (C=O) groups excluding carboxylic acids is 2. The lowest BCUT2D eigenvalue weighted by Gasteiger charge is -2.31. The first kappa shape index (κ1) is 30.2. The van der Waals surface area contributed by atoms with E-state index in [1.54, 1.807) is 24.3 Å². The number of carboxylic acid groups (broad SMARTS) is 1. The molecule has 9 heteroatoms. The van der Waals surface area contributed by atoms with Gasteiger partial charge in [0.2, 0.25) is 5.91 Å². The number of hydrogen-bond donors (Lipinski definition) is 3. The minimum absolute atomic E-state index is 0.0498. The maximum Gasteiger partial charge on any atom is 0.335 e. The molecular formula is C35H35N3O6. The quantitative estimate of drug-likeness (QED) is 0.188. The topological polar surface area (TPSA) is 117 Å². The molecule has 5 rings (SSSR count). The van der Waals surface area contributed by atoms with E-state index in [2.05, 4.69) is 10.6 Å². The molecule has 0 spiro atoms. The molecule has 3 N–H and O–H groups in total. The summed E-state index contributed by atoms with van der Waals surface area (Å²) in [4.78, 5) is 39.7. The van der Waals surface area contributed by atoms with Crippen LogP contribution in [0.1, 0.15) is 45.9 Å². The number of carboxylic acids is 1. The molecule has 1 aliphatic rings. The fourth-order valence-electron chi connectivity index (χ4n) is 5.52. The molecule has 0 saturated carbocycles. The fourth-order valence-corrected chi connectivity index (χ4v) is 5.52. The molecule has 1 unspecified atom stereocenters. The third kappa shape index (κ3) is 7.18. The number of rotatable bonds is 10. The van der Waals surface area contributed by atoms with Crippen LogP contribution in [0.25, 0.3) is 0 Å². The second-order valence-electron chi connectivity index (χ2n) is 10.7. The van der Waals surface area contributed by atoms with Crippen molar-refractivity contribution in [3.05, 3.63) is 119 Å². The van der Waals surface area contributed by atoms with E-state index in [0.717, 1.165) is 29.5 Å². The van der Waals surface area contributed by atoms with Crippen molar-refractivity contribution in [2.45, 2.75) is 38.3 Å². The van der Waals surface area contributed by atoms with E-state index < -0.39 is 12.0 Å². The van der Waals surface area contributed by atoms with Crippen molar-refractivity contribution in [1.82, 2.24) is 4.90 Å². The number of methoxy groups -OCH3 is 1. The van der Waals surface area contributed by atoms with Gasteiger partial charge in [-0.1, -0.05) is 54.6 Å². The summed E-state index contributed by atoms with van der Waals surface area (Å²) in [5, 5.41) is 14.8. The molecule has 0 radical (unpaired) electrons. The Morgan fingerprint density at radius 1 is 0.864 bits per heavy atom. The Morgan fingerprint density at radius 2 is 1.57 bits per heavy atom. The molecule has 4 aromatic carbocycles. The molecule has 44 heavy (non-hydrogen) atoms. The minimum atomic E-state index is -0.999. The van der Waals surface area contributed by atoms with E-state index in [0.29, 0.717) is 22.9 Å². The number of amides is 3. The molecule has 1 fully saturated rings. The molecule has 2 atom stereocenters. The molecule has 0 aromatic heterocycles. The Hall–Kier alpha value is -5.31. The number of urea groups is 1. The SMILES string of the molecule is COc1cc(CC(=O)N2C(c3ccccc3)CC[C@H]2COc2ccc(C(=O)O)cc2)ccc1NC(=O)Nc1ccccc1C. The summed E-state index contributed by atoms with van der Waals surface area (Å²) in [5.74, 6) is -0.0576. The Balaban J connectivity index is 1.30. The maximum absolute atomic E-state index is 13.9. The van der Waals surface area contributed by atoms with Crippen LogP contribution in [0.5, 0.6) is 11.5 Å². The molecule has 9 nitrogen and oxygen atoms in total. The summed E-state index contributed by atoms with van der Waals surface area (Å²) in [6.07, 6.45) is 1.70. The van der Waals surface area contributed by atoms with Crippen molar-refractivity contribution in [2.75, 3.05) is 24.4 Å². The Kier molecular flexibility index (Phi) is 9.44. The number of likely N-dealkylation sites (tertiary alicyclic amines) is 1. The van der Waals surface area contributed by atoms with E-state index in [4.69, 9.17) is 14.6 Å². The Bertz CT molecular complexity index is 1620. The molecule has 3 amide bonds. The van der Waals surface area contributed by atoms with E-state index in [1.165, 1.54) is 19.2 Å². The standard InChI is InChI=1S/C35H35N3O6/c1-23-8-6-7-11-29(23)36-35(42)37-30-18-12-24(20-32(30)43-2)21-33(39)38-27(15-19-31(38)25-9-4-3-5-10-25)22-44-28-16-13-26(14-17-28)34(40)41/h3-14,16-18,20,27,31H,15,19,21-22H2,1-2H3,(H,40,41)(H2,36,37,42)/t27-,31?/m0/s1. The average Bonchev–Trinajstić information content (AvgIpc) is 3.46. The molecule has 1 saturated heterocycles. The zero-order valence-corrected chi connectivity index (χ0v) is 24.7. The number of ether oxygens (including phenoxy) is 2. The summed E-state index contributed by atoms with van der Waals surface area (Å²) in [5.41, 5.74) is 4.13. The lowest BCUT2D eigenvalue weighted by molar-refractivity contribution is -0.134. The van der Waals surface area contributed by atoms with Gasteiger partial charge in [0, 0.05) is 5.69 Å². The highest BCUT2D eigenvalue weighted by Crippen LogP contribution is 2.37. The molecule has 4 aromatic rings. The van der Waals surface area contributed by atoms with Crippen molar-refractivity contribution in [2.24, 2.45) is 0 Å². The Labute approximate surface area is 256 Å². The fraction of sp³-hybridized carbons (Fsp3) is 0.229. The average molecular weight is 594 g/mol. The van der Waals surface area contributed by atoms with Crippen molar-refractivity contribution < 1.29 is 29.0 Å². The summed E-state index contributed by atoms with van der Waals surface area (Å²) in [6, 6.07) is 28.4. The normalized spacial score (nSPS) is 15.8. The smallest absolute Gasteiger partial charge is 0.335 e. The van der Waals surface area contributed by atoms with Gasteiger partial charge in [0.05, 0.1) is 36.9 Å². The van der Waals surface area contributed by atoms with E-state index in [1.807, 2.05) is 72.5 Å². The Morgan fingerprint density at radius 3 is 2.27 bits per heavy atom. The summed E-state index contributed by atoms with van der Waals surface area (Å²) < 4.78 is 11.6. The molecule has 0 aliphatic carbocycles. The summed E-state index contributed by atoms with van der Waals surface area (Å²) in [6.45, 7) is 2.20. The zero-order chi connectivity index (χ0) is 31.1. The van der Waals surface area contributed by atoms with Gasteiger partial charge in [-0.3, -0.25) is 4.79 Å². The van der Waals surface area contributed by atoms with Crippen LogP contribution in [0.3, 0.4) is 0 Å². The van der Waals surface area contributed by atoms with Crippen LogP contribution in [-0.4, -0.2) is 47.7 Å². The molecule has 1 aliphatic heterocycles. The third-order valence-corrected chi connectivity index (χ3v) is 7.78. The minimum Gasteiger partial charge on any atom is -0.495 e. The van der Waals surface area contributed by atoms with Gasteiger partial charge >= 0.3 is 12.0 Å². The first-order valence-corrected chi connectivity index (χ1v) is 14.4. The third-order valence-electron chi connectivity index (χ3n) is 7.78. The number of nitrogens with one attached hydrogen (secondary N) is 2. The van der Waals surface area contributed by atoms with Crippen LogP contribution < -0.4 is 20.1 Å². The van der Waals surface area contributed by atoms with Crippen molar-refractivity contribution in [1.29, 1.82) is 0 Å². The molecule has 226 valence electrons. The number of para-hydroxylation sites is 1. The number of anilines is 2. The van der Waals surface area contributed by atoms with Crippen LogP contribution in [0.4, 0.5) is 16.2 Å². The van der Waals surface area contributed by atoms with Gasteiger partial charge < -0.3 is 30.1 Å². The van der Waals surface area contributed by atoms with Crippen LogP contribution in [0.2, 0.25) is 0 Å². The van der Waals surface area contributed by atoms with Gasteiger partial charge in [-0.25, -0.2) is 9.59 Å². The summed E-state index contributed by atoms with van der Waals surface area (Å²) >= 11 is 0. The van der Waals surface area contributed by atoms with Gasteiger partial charge in [0.1, 0.15) is 18.1 Å². The number of aromatic carboxylic acids is 1. The van der Waals surface area contributed by atoms with Gasteiger partial charge in [-0.05, 0) is 78.9 Å². The van der Waals surface area contributed by atoms with E-state index >= 15 is 0 Å². The van der Waals surface area contributed by atoms with Crippen LogP contribution in [0.15, 0.2) is 97.1 Å². The first-order chi connectivity index (χ1) is 21.3. The predicted octanol–water partition coefficient (Wildman–Crippen LogP) is 6.70. The number of hydrogen-bond acceptors (Lipinski definition) is 5. The number of aryl methyl sites for hydroxylation is 1. The monoisotopic (exact) mass is 593 g/mol. The van der Waals surface area contributed by atoms with Crippen LogP contribution >= 0.6 is 0 Å². The number of nitrogens with zero attached hydrogens (tertiary/aromatic N) is 1. The lowest BCUT2D eigenvalue weighted by Crippen LogP contribution is -2.41. The van der Waals surface area contributed by atoms with Crippen molar-refractivity contribution in [3.63, 3.8) is 0 Å². The largest absolute Gasteiger partial charge is 0.495 e. The highest BCUT2D eigenvalue weighted by atomic mass is 16.5. The van der Waals surface area contributed by atoms with E-state index in [9.17, 15) is 14.4 Å². The molecule has 0 bridgehead atoms. The van der Waals surface area contributed by atoms with Crippen LogP contribution in [-0.2, 0) is 11.2 Å². The lowest BCUT2D eigenvalue weighted by atomic mass is 10.0. The van der Waals surface area contributed by atoms with Gasteiger partial charge in [0.25, 0.3) is 0 Å². The predicted molar refractivity (Wildman–Crippen MR) is 168 cm³/mol. The highest BCUT2D eigenvalue weighted by Gasteiger charge is 2.38. The van der Waals surface area contributed by atoms with Gasteiger partial charge in [0.15, 0.2) is 0 Å². The second kappa shape index (κ2) is 13.8. The van der Waals surface area contributed by atoms with Gasteiger partial charge in [-0.15, -0.1) is 0 Å². The van der Waals surface area contributed by atoms with Crippen molar-refractivity contribution in [3.8, 4) is 11.5 Å². The van der Waals surface area contributed by atoms with E-state index in [-0.39, 0.29) is 36.6 Å². The molecule has 1 heterocycles.